The van der Waals surface area contributed by atoms with Crippen molar-refractivity contribution in [2.24, 2.45) is 0 Å². The molecule has 0 N–H and O–H groups in total. The molecule has 130 valence electrons. The predicted octanol–water partition coefficient (Wildman–Crippen LogP) is 1.35. The molecule has 0 unspecified atom stereocenters. The summed E-state index contributed by atoms with van der Waals surface area (Å²) in [7, 11) is -1.76. The lowest BCUT2D eigenvalue weighted by atomic mass is 10.0. The minimum absolute atomic E-state index is 0.324. The molecule has 0 aliphatic rings. The Labute approximate surface area is 137 Å². The maximum absolute atomic E-state index is 11.7. The third-order valence-electron chi connectivity index (χ3n) is 3.21. The second kappa shape index (κ2) is 7.43. The Morgan fingerprint density at radius 3 is 1.87 bits per heavy atom. The number of rotatable bonds is 8. The fourth-order valence-corrected chi connectivity index (χ4v) is 3.52. The summed E-state index contributed by atoms with van der Waals surface area (Å²) in [4.78, 5) is 1.70. The average molecular weight is 363 g/mol. The first kappa shape index (κ1) is 19.6. The first-order chi connectivity index (χ1) is 10.5. The molecule has 0 saturated carbocycles. The Kier molecular flexibility index (Phi) is 6.34. The van der Waals surface area contributed by atoms with Gasteiger partial charge in [-0.05, 0) is 28.8 Å². The van der Waals surface area contributed by atoms with Crippen molar-refractivity contribution in [1.29, 1.82) is 0 Å². The van der Waals surface area contributed by atoms with Gasteiger partial charge in [-0.2, -0.15) is 16.8 Å². The summed E-state index contributed by atoms with van der Waals surface area (Å²) in [6, 6.07) is 3.22. The van der Waals surface area contributed by atoms with E-state index in [4.69, 9.17) is 0 Å². The summed E-state index contributed by atoms with van der Waals surface area (Å²) in [5, 5.41) is 0. The van der Waals surface area contributed by atoms with Gasteiger partial charge < -0.3 is 4.90 Å². The molecule has 0 radical (unpaired) electrons. The highest BCUT2D eigenvalue weighted by molar-refractivity contribution is 7.86. The number of hydrogen-bond acceptors (Lipinski definition) is 7. The molecule has 0 aliphatic carbocycles. The Morgan fingerprint density at radius 2 is 1.48 bits per heavy atom. The van der Waals surface area contributed by atoms with Gasteiger partial charge in [0, 0.05) is 19.8 Å². The van der Waals surface area contributed by atoms with Crippen molar-refractivity contribution < 1.29 is 25.2 Å². The van der Waals surface area contributed by atoms with Crippen LogP contribution in [0.25, 0.3) is 6.08 Å². The highest BCUT2D eigenvalue weighted by Gasteiger charge is 2.19. The largest absolute Gasteiger partial charge is 0.377 e. The van der Waals surface area contributed by atoms with Crippen LogP contribution in [-0.4, -0.2) is 45.2 Å². The molecule has 9 heteroatoms. The lowest BCUT2D eigenvalue weighted by Gasteiger charge is -2.20. The van der Waals surface area contributed by atoms with Crippen LogP contribution in [0.15, 0.2) is 18.7 Å². The molecule has 0 bridgehead atoms. The molecule has 1 aromatic carbocycles. The van der Waals surface area contributed by atoms with Gasteiger partial charge in [-0.3, -0.25) is 8.37 Å². The second-order valence-electron chi connectivity index (χ2n) is 5.02. The number of benzene rings is 1. The van der Waals surface area contributed by atoms with E-state index in [-0.39, 0.29) is 11.5 Å². The molecule has 7 nitrogen and oxygen atoms in total. The van der Waals surface area contributed by atoms with Crippen LogP contribution in [0.5, 0.6) is 0 Å². The van der Waals surface area contributed by atoms with E-state index < -0.39 is 20.2 Å². The normalized spacial score (nSPS) is 12.2. The minimum atomic E-state index is -3.71. The van der Waals surface area contributed by atoms with E-state index in [2.05, 4.69) is 14.9 Å². The van der Waals surface area contributed by atoms with E-state index in [1.54, 1.807) is 31.1 Å². The molecular weight excluding hydrogens is 342 g/mol. The van der Waals surface area contributed by atoms with E-state index in [9.17, 15) is 16.8 Å². The zero-order valence-electron chi connectivity index (χ0n) is 13.6. The Balaban J connectivity index is 3.48. The molecule has 0 spiro atoms. The summed E-state index contributed by atoms with van der Waals surface area (Å²) >= 11 is 0. The SMILES string of the molecule is C=Cc1cc(CS(=O)(=O)OC)c(N(C)C)cc1CS(=O)(=O)OC. The Bertz CT molecular complexity index is 782. The van der Waals surface area contributed by atoms with Crippen LogP contribution < -0.4 is 4.90 Å². The van der Waals surface area contributed by atoms with Crippen molar-refractivity contribution in [3.8, 4) is 0 Å². The average Bonchev–Trinajstić information content (AvgIpc) is 2.47. The number of hydrogen-bond donors (Lipinski definition) is 0. The molecule has 0 aromatic heterocycles. The van der Waals surface area contributed by atoms with Crippen molar-refractivity contribution in [2.45, 2.75) is 11.5 Å². The quantitative estimate of drug-likeness (QED) is 0.644. The molecule has 0 atom stereocenters. The molecule has 0 heterocycles. The van der Waals surface area contributed by atoms with E-state index in [0.29, 0.717) is 22.4 Å². The molecule has 0 saturated heterocycles. The van der Waals surface area contributed by atoms with Crippen LogP contribution in [0.2, 0.25) is 0 Å². The zero-order valence-corrected chi connectivity index (χ0v) is 15.2. The molecule has 1 aromatic rings. The van der Waals surface area contributed by atoms with Crippen LogP contribution in [0.3, 0.4) is 0 Å². The van der Waals surface area contributed by atoms with Crippen LogP contribution in [0.4, 0.5) is 5.69 Å². The van der Waals surface area contributed by atoms with Gasteiger partial charge in [0.1, 0.15) is 11.5 Å². The summed E-state index contributed by atoms with van der Waals surface area (Å²) in [6.45, 7) is 3.65. The first-order valence-electron chi connectivity index (χ1n) is 6.57. The number of anilines is 1. The summed E-state index contributed by atoms with van der Waals surface area (Å²) < 4.78 is 55.8. The Morgan fingerprint density at radius 1 is 1.00 bits per heavy atom. The van der Waals surface area contributed by atoms with Crippen LogP contribution in [0.1, 0.15) is 16.7 Å². The summed E-state index contributed by atoms with van der Waals surface area (Å²) in [5.41, 5.74) is 2.07. The fourth-order valence-electron chi connectivity index (χ4n) is 2.04. The van der Waals surface area contributed by atoms with Gasteiger partial charge in [-0.25, -0.2) is 0 Å². The lowest BCUT2D eigenvalue weighted by molar-refractivity contribution is 0.395. The molecule has 0 aliphatic heterocycles. The second-order valence-corrected chi connectivity index (χ2v) is 8.49. The third kappa shape index (κ3) is 5.31. The van der Waals surface area contributed by atoms with Gasteiger partial charge in [0.05, 0.1) is 14.2 Å². The topological polar surface area (TPSA) is 90.0 Å². The van der Waals surface area contributed by atoms with Crippen molar-refractivity contribution in [3.63, 3.8) is 0 Å². The van der Waals surface area contributed by atoms with E-state index >= 15 is 0 Å². The zero-order chi connectivity index (χ0) is 17.8. The van der Waals surface area contributed by atoms with Crippen LogP contribution in [-0.2, 0) is 40.1 Å². The van der Waals surface area contributed by atoms with Gasteiger partial charge in [-0.1, -0.05) is 12.7 Å². The summed E-state index contributed by atoms with van der Waals surface area (Å²) in [6.07, 6.45) is 1.48. The third-order valence-corrected chi connectivity index (χ3v) is 5.56. The van der Waals surface area contributed by atoms with E-state index in [0.717, 1.165) is 14.2 Å². The van der Waals surface area contributed by atoms with Gasteiger partial charge in [0.2, 0.25) is 0 Å². The van der Waals surface area contributed by atoms with E-state index in [1.165, 1.54) is 6.08 Å². The van der Waals surface area contributed by atoms with Gasteiger partial charge in [0.25, 0.3) is 20.2 Å². The Hall–Kier alpha value is -1.42. The molecular formula is C14H21NO6S2. The fraction of sp³-hybridized carbons (Fsp3) is 0.429. The molecule has 0 amide bonds. The molecule has 23 heavy (non-hydrogen) atoms. The van der Waals surface area contributed by atoms with E-state index in [1.807, 2.05) is 0 Å². The van der Waals surface area contributed by atoms with Crippen LogP contribution >= 0.6 is 0 Å². The summed E-state index contributed by atoms with van der Waals surface area (Å²) in [5.74, 6) is -0.655. The smallest absolute Gasteiger partial charge is 0.271 e. The maximum atomic E-state index is 11.7. The van der Waals surface area contributed by atoms with Crippen molar-refractivity contribution in [3.05, 3.63) is 35.4 Å². The van der Waals surface area contributed by atoms with Gasteiger partial charge >= 0.3 is 0 Å². The highest BCUT2D eigenvalue weighted by Crippen LogP contribution is 2.28. The van der Waals surface area contributed by atoms with Gasteiger partial charge in [-0.15, -0.1) is 0 Å². The monoisotopic (exact) mass is 363 g/mol. The highest BCUT2D eigenvalue weighted by atomic mass is 32.2. The standard InChI is InChI=1S/C14H21NO6S2/c1-6-11-7-13(10-23(18,19)21-5)14(15(2)3)8-12(11)9-22(16,17)20-4/h6-8H,1,9-10H2,2-5H3. The van der Waals surface area contributed by atoms with Gasteiger partial charge in [0.15, 0.2) is 0 Å². The number of nitrogens with zero attached hydrogens (tertiary/aromatic N) is 1. The van der Waals surface area contributed by atoms with Crippen molar-refractivity contribution in [2.75, 3.05) is 33.2 Å². The lowest BCUT2D eigenvalue weighted by Crippen LogP contribution is -2.16. The van der Waals surface area contributed by atoms with Crippen LogP contribution in [0, 0.1) is 0 Å². The first-order valence-corrected chi connectivity index (χ1v) is 9.73. The maximum Gasteiger partial charge on any atom is 0.271 e. The predicted molar refractivity (Wildman–Crippen MR) is 90.1 cm³/mol. The minimum Gasteiger partial charge on any atom is -0.377 e. The van der Waals surface area contributed by atoms with Crippen molar-refractivity contribution >= 4 is 32.0 Å². The molecule has 0 fully saturated rings. The molecule has 1 rings (SSSR count). The van der Waals surface area contributed by atoms with Crippen molar-refractivity contribution in [1.82, 2.24) is 0 Å².